The minimum absolute atomic E-state index is 0.146. The van der Waals surface area contributed by atoms with Crippen LogP contribution in [0.15, 0.2) is 24.3 Å². The van der Waals surface area contributed by atoms with E-state index in [9.17, 15) is 13.2 Å². The Labute approximate surface area is 120 Å². The lowest BCUT2D eigenvalue weighted by Crippen LogP contribution is -2.32. The summed E-state index contributed by atoms with van der Waals surface area (Å²) in [7, 11) is 0. The second-order valence-electron chi connectivity index (χ2n) is 4.86. The van der Waals surface area contributed by atoms with Crippen LogP contribution in [0.5, 0.6) is 0 Å². The molecule has 2 aromatic rings. The topological polar surface area (TPSA) is 53.1 Å². The smallest absolute Gasteiger partial charge is 0.370 e. The molecule has 0 saturated heterocycles. The maximum Gasteiger partial charge on any atom is 0.411 e. The van der Waals surface area contributed by atoms with Gasteiger partial charge in [0.2, 0.25) is 0 Å². The quantitative estimate of drug-likeness (QED) is 0.892. The van der Waals surface area contributed by atoms with Gasteiger partial charge in [-0.2, -0.15) is 13.2 Å². The third-order valence-electron chi connectivity index (χ3n) is 3.09. The van der Waals surface area contributed by atoms with Crippen LogP contribution in [0.3, 0.4) is 0 Å². The van der Waals surface area contributed by atoms with Crippen LogP contribution in [0.4, 0.5) is 13.2 Å². The van der Waals surface area contributed by atoms with E-state index in [0.717, 1.165) is 23.4 Å². The van der Waals surface area contributed by atoms with Gasteiger partial charge in [-0.3, -0.25) is 0 Å². The Balaban J connectivity index is 2.02. The standard InChI is InChI=1S/C14H18F3N3O/c1-2-20-12-6-4-3-5-11(12)19-13(20)7-10(18)8-21-9-14(15,16)17/h3-6,10H,2,7-9,18H2,1H3. The van der Waals surface area contributed by atoms with Crippen molar-refractivity contribution in [1.82, 2.24) is 9.55 Å². The molecule has 0 amide bonds. The van der Waals surface area contributed by atoms with E-state index in [4.69, 9.17) is 5.73 Å². The van der Waals surface area contributed by atoms with Gasteiger partial charge in [0, 0.05) is 19.0 Å². The number of halogens is 3. The molecule has 1 unspecified atom stereocenters. The van der Waals surface area contributed by atoms with Crippen molar-refractivity contribution in [3.63, 3.8) is 0 Å². The monoisotopic (exact) mass is 301 g/mol. The predicted molar refractivity (Wildman–Crippen MR) is 74.0 cm³/mol. The molecule has 0 fully saturated rings. The molecule has 1 atom stereocenters. The number of imidazole rings is 1. The van der Waals surface area contributed by atoms with Gasteiger partial charge >= 0.3 is 6.18 Å². The van der Waals surface area contributed by atoms with Crippen LogP contribution >= 0.6 is 0 Å². The van der Waals surface area contributed by atoms with Crippen LogP contribution in [-0.2, 0) is 17.7 Å². The van der Waals surface area contributed by atoms with E-state index in [-0.39, 0.29) is 6.61 Å². The third-order valence-corrected chi connectivity index (χ3v) is 3.09. The summed E-state index contributed by atoms with van der Waals surface area (Å²) in [4.78, 5) is 4.49. The highest BCUT2D eigenvalue weighted by atomic mass is 19.4. The van der Waals surface area contributed by atoms with Crippen LogP contribution in [0, 0.1) is 0 Å². The van der Waals surface area contributed by atoms with Gasteiger partial charge in [0.15, 0.2) is 0 Å². The van der Waals surface area contributed by atoms with Crippen LogP contribution in [0.1, 0.15) is 12.7 Å². The maximum absolute atomic E-state index is 12.0. The molecule has 1 aromatic carbocycles. The first-order chi connectivity index (χ1) is 9.90. The second-order valence-corrected chi connectivity index (χ2v) is 4.86. The zero-order valence-electron chi connectivity index (χ0n) is 11.7. The summed E-state index contributed by atoms with van der Waals surface area (Å²) in [5.74, 6) is 0.766. The van der Waals surface area contributed by atoms with Gasteiger partial charge in [0.25, 0.3) is 0 Å². The average molecular weight is 301 g/mol. The van der Waals surface area contributed by atoms with Crippen molar-refractivity contribution in [2.24, 2.45) is 5.73 Å². The molecule has 0 aliphatic rings. The molecule has 1 aromatic heterocycles. The molecule has 21 heavy (non-hydrogen) atoms. The van der Waals surface area contributed by atoms with Crippen LogP contribution in [0.25, 0.3) is 11.0 Å². The average Bonchev–Trinajstić information content (AvgIpc) is 2.74. The molecule has 0 aliphatic heterocycles. The Bertz CT molecular complexity index is 595. The number of rotatable bonds is 6. The van der Waals surface area contributed by atoms with E-state index in [1.807, 2.05) is 35.8 Å². The lowest BCUT2D eigenvalue weighted by atomic mass is 10.2. The maximum atomic E-state index is 12.0. The highest BCUT2D eigenvalue weighted by molar-refractivity contribution is 5.75. The molecule has 1 heterocycles. The number of fused-ring (bicyclic) bond motifs is 1. The molecule has 2 rings (SSSR count). The fourth-order valence-corrected chi connectivity index (χ4v) is 2.25. The summed E-state index contributed by atoms with van der Waals surface area (Å²) < 4.78 is 42.6. The number of nitrogens with zero attached hydrogens (tertiary/aromatic N) is 2. The molecule has 2 N–H and O–H groups in total. The zero-order valence-corrected chi connectivity index (χ0v) is 11.7. The lowest BCUT2D eigenvalue weighted by molar-refractivity contribution is -0.174. The second kappa shape index (κ2) is 6.44. The molecule has 0 bridgehead atoms. The van der Waals surface area contributed by atoms with Crippen LogP contribution in [-0.4, -0.2) is 35.0 Å². The van der Waals surface area contributed by atoms with Crippen molar-refractivity contribution < 1.29 is 17.9 Å². The van der Waals surface area contributed by atoms with E-state index in [1.54, 1.807) is 0 Å². The summed E-state index contributed by atoms with van der Waals surface area (Å²) in [6.07, 6.45) is -3.95. The zero-order chi connectivity index (χ0) is 15.5. The molecule has 0 saturated carbocycles. The van der Waals surface area contributed by atoms with Gasteiger partial charge < -0.3 is 15.0 Å². The van der Waals surface area contributed by atoms with Crippen molar-refractivity contribution in [2.75, 3.05) is 13.2 Å². The van der Waals surface area contributed by atoms with E-state index in [2.05, 4.69) is 9.72 Å². The Hall–Kier alpha value is -1.60. The highest BCUT2D eigenvalue weighted by Crippen LogP contribution is 2.17. The third kappa shape index (κ3) is 4.18. The first kappa shape index (κ1) is 15.8. The minimum atomic E-state index is -4.32. The summed E-state index contributed by atoms with van der Waals surface area (Å²) in [6.45, 7) is 1.30. The highest BCUT2D eigenvalue weighted by Gasteiger charge is 2.27. The predicted octanol–water partition coefficient (Wildman–Crippen LogP) is 2.50. The summed E-state index contributed by atoms with van der Waals surface area (Å²) in [6, 6.07) is 7.16. The number of ether oxygens (including phenoxy) is 1. The van der Waals surface area contributed by atoms with E-state index < -0.39 is 18.8 Å². The fourth-order valence-electron chi connectivity index (χ4n) is 2.25. The Morgan fingerprint density at radius 1 is 1.33 bits per heavy atom. The van der Waals surface area contributed by atoms with E-state index >= 15 is 0 Å². The lowest BCUT2D eigenvalue weighted by Gasteiger charge is -2.14. The van der Waals surface area contributed by atoms with Gasteiger partial charge in [0.1, 0.15) is 12.4 Å². The normalized spacial score (nSPS) is 13.8. The number of aromatic nitrogens is 2. The van der Waals surface area contributed by atoms with Gasteiger partial charge in [-0.05, 0) is 19.1 Å². The first-order valence-electron chi connectivity index (χ1n) is 6.75. The largest absolute Gasteiger partial charge is 0.411 e. The Kier molecular flexibility index (Phi) is 4.84. The summed E-state index contributed by atoms with van der Waals surface area (Å²) >= 11 is 0. The Morgan fingerprint density at radius 2 is 2.05 bits per heavy atom. The van der Waals surface area contributed by atoms with E-state index in [1.165, 1.54) is 0 Å². The molecule has 0 spiro atoms. The van der Waals surface area contributed by atoms with Gasteiger partial charge in [0.05, 0.1) is 17.6 Å². The molecular formula is C14H18F3N3O. The van der Waals surface area contributed by atoms with Gasteiger partial charge in [-0.25, -0.2) is 4.98 Å². The van der Waals surface area contributed by atoms with Gasteiger partial charge in [-0.15, -0.1) is 0 Å². The molecular weight excluding hydrogens is 283 g/mol. The number of nitrogens with two attached hydrogens (primary N) is 1. The number of hydrogen-bond donors (Lipinski definition) is 1. The SMILES string of the molecule is CCn1c(CC(N)COCC(F)(F)F)nc2ccccc21. The molecule has 0 aliphatic carbocycles. The number of aryl methyl sites for hydroxylation is 1. The van der Waals surface area contributed by atoms with Crippen LogP contribution < -0.4 is 5.73 Å². The number of alkyl halides is 3. The van der Waals surface area contributed by atoms with Crippen LogP contribution in [0.2, 0.25) is 0 Å². The van der Waals surface area contributed by atoms with Crippen molar-refractivity contribution in [3.8, 4) is 0 Å². The van der Waals surface area contributed by atoms with Gasteiger partial charge in [-0.1, -0.05) is 12.1 Å². The molecule has 4 nitrogen and oxygen atoms in total. The molecule has 0 radical (unpaired) electrons. The summed E-state index contributed by atoms with van der Waals surface area (Å²) in [5, 5.41) is 0. The van der Waals surface area contributed by atoms with Crippen molar-refractivity contribution in [3.05, 3.63) is 30.1 Å². The summed E-state index contributed by atoms with van der Waals surface area (Å²) in [5.41, 5.74) is 7.69. The minimum Gasteiger partial charge on any atom is -0.370 e. The number of hydrogen-bond acceptors (Lipinski definition) is 3. The Morgan fingerprint density at radius 3 is 2.71 bits per heavy atom. The number of para-hydroxylation sites is 2. The fraction of sp³-hybridized carbons (Fsp3) is 0.500. The molecule has 7 heteroatoms. The van der Waals surface area contributed by atoms with Crippen molar-refractivity contribution >= 4 is 11.0 Å². The number of benzene rings is 1. The first-order valence-corrected chi connectivity index (χ1v) is 6.75. The van der Waals surface area contributed by atoms with Crippen molar-refractivity contribution in [1.29, 1.82) is 0 Å². The molecule has 116 valence electrons. The van der Waals surface area contributed by atoms with E-state index in [0.29, 0.717) is 6.42 Å². The van der Waals surface area contributed by atoms with Crippen molar-refractivity contribution in [2.45, 2.75) is 32.1 Å².